The highest BCUT2D eigenvalue weighted by Crippen LogP contribution is 2.43. The number of nitrogens with zero attached hydrogens (tertiary/aromatic N) is 1. The van der Waals surface area contributed by atoms with E-state index in [9.17, 15) is 19.0 Å². The van der Waals surface area contributed by atoms with Crippen LogP contribution in [0.1, 0.15) is 219 Å². The second-order valence-corrected chi connectivity index (χ2v) is 16.1. The number of carbonyl (C=O) groups excluding carboxylic acids is 2. The smallest absolute Gasteiger partial charge is 0.462 e. The molecule has 2 atom stereocenters. The fourth-order valence-corrected chi connectivity index (χ4v) is 6.80. The van der Waals surface area contributed by atoms with Gasteiger partial charge in [0, 0.05) is 12.8 Å². The Labute approximate surface area is 333 Å². The summed E-state index contributed by atoms with van der Waals surface area (Å²) in [7, 11) is -5.07. The Morgan fingerprint density at radius 1 is 0.558 bits per heavy atom. The van der Waals surface area contributed by atoms with Gasteiger partial charge >= 0.3 is 19.8 Å². The van der Waals surface area contributed by atoms with E-state index in [1.807, 2.05) is 0 Å². The topological polar surface area (TPSA) is 108 Å². The molecule has 10 heteroatoms. The van der Waals surface area contributed by atoms with E-state index < -0.39 is 77.6 Å². The van der Waals surface area contributed by atoms with Crippen LogP contribution in [0, 0.1) is 0 Å². The van der Waals surface area contributed by atoms with Gasteiger partial charge in [0.05, 0.1) is 39.9 Å². The van der Waals surface area contributed by atoms with Crippen molar-refractivity contribution in [2.75, 3.05) is 47.3 Å². The number of esters is 2. The van der Waals surface area contributed by atoms with Gasteiger partial charge in [0.25, 0.3) is 0 Å². The molecular formula is C42H85NO8P+. The minimum Gasteiger partial charge on any atom is -0.462 e. The molecule has 0 rings (SSSR count). The summed E-state index contributed by atoms with van der Waals surface area (Å²) < 4.78 is 100. The summed E-state index contributed by atoms with van der Waals surface area (Å²) in [4.78, 5) is 35.7. The molecule has 0 heterocycles. The monoisotopic (exact) mass is 772 g/mol. The molecule has 0 radical (unpaired) electrons. The van der Waals surface area contributed by atoms with Crippen LogP contribution in [0.15, 0.2) is 0 Å². The van der Waals surface area contributed by atoms with E-state index in [-0.39, 0.29) is 12.8 Å². The van der Waals surface area contributed by atoms with E-state index in [0.29, 0.717) is 12.8 Å². The zero-order valence-electron chi connectivity index (χ0n) is 42.3. The van der Waals surface area contributed by atoms with Gasteiger partial charge < -0.3 is 18.9 Å². The van der Waals surface area contributed by atoms with Gasteiger partial charge in [-0.2, -0.15) is 0 Å². The normalized spacial score (nSPS) is 16.9. The molecule has 52 heavy (non-hydrogen) atoms. The van der Waals surface area contributed by atoms with Crippen LogP contribution in [0.3, 0.4) is 0 Å². The third-order valence-electron chi connectivity index (χ3n) is 9.30. The summed E-state index contributed by atoms with van der Waals surface area (Å²) in [6.45, 7) is -9.74. The van der Waals surface area contributed by atoms with Crippen molar-refractivity contribution < 1.29 is 54.4 Å². The lowest BCUT2D eigenvalue weighted by Gasteiger charge is -2.24. The van der Waals surface area contributed by atoms with Crippen LogP contribution < -0.4 is 0 Å². The standard InChI is InChI=1S/C42H84NO8P/c1-6-8-10-12-14-16-18-20-21-23-25-27-29-31-33-35-42(45)51-40(39-50-52(46,47)49-37-36-43(3,4)5)38-48-41(44)34-32-30-28-26-24-22-19-17-15-13-11-9-7-2/h40H,6-39H2,1-5H3/p+1/i3D3,4D3,5D3. The number of quaternary nitrogens is 1. The van der Waals surface area contributed by atoms with Crippen molar-refractivity contribution in [2.24, 2.45) is 0 Å². The fraction of sp³-hybridized carbons (Fsp3) is 0.952. The van der Waals surface area contributed by atoms with Crippen molar-refractivity contribution >= 4 is 19.8 Å². The quantitative estimate of drug-likeness (QED) is 0.0284. The number of hydrogen-bond acceptors (Lipinski definition) is 7. The predicted molar refractivity (Wildman–Crippen MR) is 215 cm³/mol. The second-order valence-electron chi connectivity index (χ2n) is 14.6. The Hall–Kier alpha value is -0.990. The lowest BCUT2D eigenvalue weighted by atomic mass is 10.0. The maximum absolute atomic E-state index is 12.8. The van der Waals surface area contributed by atoms with Crippen molar-refractivity contribution in [3.8, 4) is 0 Å². The number of carbonyl (C=O) groups is 2. The summed E-state index contributed by atoms with van der Waals surface area (Å²) in [6.07, 6.45) is 31.5. The molecule has 2 unspecified atom stereocenters. The van der Waals surface area contributed by atoms with Crippen molar-refractivity contribution in [1.82, 2.24) is 0 Å². The molecule has 0 aliphatic carbocycles. The van der Waals surface area contributed by atoms with Gasteiger partial charge in [-0.15, -0.1) is 0 Å². The first-order chi connectivity index (χ1) is 28.7. The summed E-state index contributed by atoms with van der Waals surface area (Å²) in [6, 6.07) is 0. The first kappa shape index (κ1) is 36.6. The number of likely N-dealkylation sites (N-methyl/N-ethyl adjacent to an activating group) is 1. The molecule has 0 spiro atoms. The Morgan fingerprint density at radius 3 is 1.31 bits per heavy atom. The minimum atomic E-state index is -5.07. The molecule has 0 aromatic carbocycles. The maximum atomic E-state index is 12.8. The van der Waals surface area contributed by atoms with Gasteiger partial charge in [-0.1, -0.05) is 181 Å². The van der Waals surface area contributed by atoms with E-state index in [2.05, 4.69) is 13.8 Å². The summed E-state index contributed by atoms with van der Waals surface area (Å²) in [5.41, 5.74) is 0. The zero-order valence-corrected chi connectivity index (χ0v) is 34.2. The Bertz CT molecular complexity index is 1120. The van der Waals surface area contributed by atoms with E-state index >= 15 is 0 Å². The van der Waals surface area contributed by atoms with Gasteiger partial charge in [-0.05, 0) is 12.8 Å². The third-order valence-corrected chi connectivity index (χ3v) is 10.3. The number of phosphoric ester groups is 1. The van der Waals surface area contributed by atoms with Gasteiger partial charge in [0.15, 0.2) is 6.10 Å². The van der Waals surface area contributed by atoms with Crippen LogP contribution in [0.25, 0.3) is 0 Å². The van der Waals surface area contributed by atoms with Crippen molar-refractivity contribution in [3.05, 3.63) is 0 Å². The molecule has 0 aliphatic rings. The fourth-order valence-electron chi connectivity index (χ4n) is 6.05. The highest BCUT2D eigenvalue weighted by Gasteiger charge is 2.27. The summed E-state index contributed by atoms with van der Waals surface area (Å²) >= 11 is 0. The highest BCUT2D eigenvalue weighted by molar-refractivity contribution is 7.47. The van der Waals surface area contributed by atoms with Crippen LogP contribution in [0.5, 0.6) is 0 Å². The number of unbranched alkanes of at least 4 members (excludes halogenated alkanes) is 26. The molecule has 9 nitrogen and oxygen atoms in total. The molecule has 0 amide bonds. The van der Waals surface area contributed by atoms with E-state index in [4.69, 9.17) is 30.9 Å². The number of phosphoric acid groups is 1. The lowest BCUT2D eigenvalue weighted by molar-refractivity contribution is -0.870. The molecule has 0 aromatic rings. The summed E-state index contributed by atoms with van der Waals surface area (Å²) in [5, 5.41) is 0. The highest BCUT2D eigenvalue weighted by atomic mass is 31.2. The van der Waals surface area contributed by atoms with Gasteiger partial charge in [-0.3, -0.25) is 18.6 Å². The van der Waals surface area contributed by atoms with Crippen LogP contribution in [0.2, 0.25) is 0 Å². The van der Waals surface area contributed by atoms with Crippen LogP contribution >= 0.6 is 7.82 Å². The van der Waals surface area contributed by atoms with Crippen LogP contribution in [0.4, 0.5) is 0 Å². The molecule has 310 valence electrons. The molecule has 0 aromatic heterocycles. The van der Waals surface area contributed by atoms with E-state index in [0.717, 1.165) is 44.9 Å². The number of hydrogen-bond donors (Lipinski definition) is 1. The number of rotatable bonds is 40. The van der Waals surface area contributed by atoms with Crippen LogP contribution in [-0.4, -0.2) is 74.7 Å². The lowest BCUT2D eigenvalue weighted by Crippen LogP contribution is -2.37. The molecule has 0 bridgehead atoms. The Morgan fingerprint density at radius 2 is 0.923 bits per heavy atom. The molecule has 1 N–H and O–H groups in total. The SMILES string of the molecule is [2H]C([2H])([2H])[N+](CCOP(=O)(O)OCC(COC(=O)CCCCCCCCCCCCCCC)OC(=O)CCCCCCCCCCCCCCCCC)(C([2H])([2H])[2H])C([2H])([2H])[2H]. The molecule has 0 saturated carbocycles. The average Bonchev–Trinajstić information content (AvgIpc) is 3.16. The van der Waals surface area contributed by atoms with E-state index in [1.54, 1.807) is 0 Å². The molecular weight excluding hydrogens is 677 g/mol. The van der Waals surface area contributed by atoms with Gasteiger partial charge in [0.2, 0.25) is 0 Å². The first-order valence-corrected chi connectivity index (χ1v) is 22.6. The summed E-state index contributed by atoms with van der Waals surface area (Å²) in [5.74, 6) is -1.14. The first-order valence-electron chi connectivity index (χ1n) is 25.6. The Balaban J connectivity index is 4.94. The minimum absolute atomic E-state index is 0.0777. The van der Waals surface area contributed by atoms with E-state index in [1.165, 1.54) is 122 Å². The van der Waals surface area contributed by atoms with Gasteiger partial charge in [-0.25, -0.2) is 4.57 Å². The third kappa shape index (κ3) is 38.7. The van der Waals surface area contributed by atoms with Crippen LogP contribution in [-0.2, 0) is 32.7 Å². The number of ether oxygens (including phenoxy) is 2. The predicted octanol–water partition coefficient (Wildman–Crippen LogP) is 12.0. The molecule has 0 fully saturated rings. The van der Waals surface area contributed by atoms with Gasteiger partial charge in [0.1, 0.15) is 19.8 Å². The molecule has 0 aliphatic heterocycles. The Kier molecular flexibility index (Phi) is 25.1. The largest absolute Gasteiger partial charge is 0.472 e. The maximum Gasteiger partial charge on any atom is 0.472 e. The van der Waals surface area contributed by atoms with Crippen molar-refractivity contribution in [1.29, 1.82) is 0 Å². The zero-order chi connectivity index (χ0) is 46.1. The average molecular weight is 772 g/mol. The molecule has 0 saturated heterocycles. The second kappa shape index (κ2) is 35.7. The van der Waals surface area contributed by atoms with Crippen molar-refractivity contribution in [3.63, 3.8) is 0 Å². The van der Waals surface area contributed by atoms with Crippen molar-refractivity contribution in [2.45, 2.75) is 213 Å².